The summed E-state index contributed by atoms with van der Waals surface area (Å²) in [5.74, 6) is -0.915. The van der Waals surface area contributed by atoms with Crippen LogP contribution in [0.4, 0.5) is 0 Å². The van der Waals surface area contributed by atoms with Gasteiger partial charge in [0.05, 0.1) is 0 Å². The van der Waals surface area contributed by atoms with Crippen LogP contribution in [-0.2, 0) is 28.6 Å². The molecular formula is C70H118O6. The standard InChI is InChI=1S/C70H118O6/c1-4-7-10-13-16-19-22-25-27-29-30-31-32-33-34-35-36-37-38-39-40-41-43-45-48-51-54-57-60-63-69(72)75-66-67(65-74-68(71)62-59-56-53-50-47-44-24-21-18-15-12-9-6-3)76-70(73)64-61-58-55-52-49-46-42-28-26-23-20-17-14-11-8-5-2/h7,10,16,19,25,27-28,30-31,33-34,36-37,39-40,42-43,45,67H,4-6,8-9,11-15,17-18,20-24,26,29,32,35,38,41,44,46-66H2,1-3H3/b10-7-,19-16-,27-25-,31-30-,34-33-,37-36-,40-39-,42-28-,45-43-. The van der Waals surface area contributed by atoms with E-state index in [1.54, 1.807) is 0 Å². The first-order valence-electron chi connectivity index (χ1n) is 31.9. The molecule has 0 aliphatic carbocycles. The summed E-state index contributed by atoms with van der Waals surface area (Å²) in [6.07, 6.45) is 86.6. The second-order valence-corrected chi connectivity index (χ2v) is 20.9. The molecule has 1 atom stereocenters. The molecule has 0 aromatic carbocycles. The highest BCUT2D eigenvalue weighted by molar-refractivity contribution is 5.71. The van der Waals surface area contributed by atoms with Gasteiger partial charge in [0.1, 0.15) is 13.2 Å². The number of allylic oxidation sites excluding steroid dienone is 18. The molecule has 0 aliphatic rings. The van der Waals surface area contributed by atoms with Gasteiger partial charge in [0, 0.05) is 19.3 Å². The molecule has 6 nitrogen and oxygen atoms in total. The Balaban J connectivity index is 4.37. The van der Waals surface area contributed by atoms with Gasteiger partial charge in [-0.15, -0.1) is 0 Å². The van der Waals surface area contributed by atoms with Crippen molar-refractivity contribution in [3.63, 3.8) is 0 Å². The van der Waals surface area contributed by atoms with E-state index in [0.717, 1.165) is 135 Å². The Kier molecular flexibility index (Phi) is 60.3. The van der Waals surface area contributed by atoms with E-state index < -0.39 is 6.10 Å². The number of hydrogen-bond acceptors (Lipinski definition) is 6. The summed E-state index contributed by atoms with van der Waals surface area (Å²) in [4.78, 5) is 38.3. The van der Waals surface area contributed by atoms with Crippen LogP contribution in [-0.4, -0.2) is 37.2 Å². The molecule has 0 rings (SSSR count). The van der Waals surface area contributed by atoms with Crippen molar-refractivity contribution in [2.24, 2.45) is 0 Å². The minimum atomic E-state index is -0.793. The number of esters is 3. The van der Waals surface area contributed by atoms with Gasteiger partial charge in [0.15, 0.2) is 6.10 Å². The van der Waals surface area contributed by atoms with Gasteiger partial charge in [-0.3, -0.25) is 14.4 Å². The lowest BCUT2D eigenvalue weighted by Crippen LogP contribution is -2.30. The van der Waals surface area contributed by atoms with Crippen molar-refractivity contribution >= 4 is 17.9 Å². The van der Waals surface area contributed by atoms with Crippen molar-refractivity contribution < 1.29 is 28.6 Å². The number of ether oxygens (including phenoxy) is 3. The zero-order valence-electron chi connectivity index (χ0n) is 49.7. The van der Waals surface area contributed by atoms with Gasteiger partial charge >= 0.3 is 17.9 Å². The molecule has 0 fully saturated rings. The van der Waals surface area contributed by atoms with E-state index in [0.29, 0.717) is 19.3 Å². The van der Waals surface area contributed by atoms with Gasteiger partial charge in [-0.2, -0.15) is 0 Å². The quantitative estimate of drug-likeness (QED) is 0.0261. The second kappa shape index (κ2) is 63.6. The first-order valence-corrected chi connectivity index (χ1v) is 31.9. The average Bonchev–Trinajstić information content (AvgIpc) is 3.42. The summed E-state index contributed by atoms with van der Waals surface area (Å²) in [6.45, 7) is 6.51. The van der Waals surface area contributed by atoms with Crippen LogP contribution in [0.15, 0.2) is 109 Å². The Bertz CT molecular complexity index is 1540. The van der Waals surface area contributed by atoms with E-state index in [-0.39, 0.29) is 31.1 Å². The molecule has 6 heteroatoms. The molecule has 0 saturated heterocycles. The fraction of sp³-hybridized carbons (Fsp3) is 0.700. The lowest BCUT2D eigenvalue weighted by Gasteiger charge is -2.18. The summed E-state index contributed by atoms with van der Waals surface area (Å²) in [5.41, 5.74) is 0. The minimum absolute atomic E-state index is 0.0877. The average molecular weight is 1060 g/mol. The van der Waals surface area contributed by atoms with E-state index >= 15 is 0 Å². The topological polar surface area (TPSA) is 78.9 Å². The minimum Gasteiger partial charge on any atom is -0.462 e. The molecule has 0 aliphatic heterocycles. The van der Waals surface area contributed by atoms with E-state index in [1.807, 2.05) is 0 Å². The molecule has 0 N–H and O–H groups in total. The van der Waals surface area contributed by atoms with Crippen molar-refractivity contribution in [1.82, 2.24) is 0 Å². The molecule has 434 valence electrons. The van der Waals surface area contributed by atoms with E-state index in [9.17, 15) is 14.4 Å². The molecule has 0 amide bonds. The molecular weight excluding hydrogens is 937 g/mol. The van der Waals surface area contributed by atoms with Crippen LogP contribution in [0.2, 0.25) is 0 Å². The molecule has 0 radical (unpaired) electrons. The predicted octanol–water partition coefficient (Wildman–Crippen LogP) is 21.8. The van der Waals surface area contributed by atoms with Gasteiger partial charge in [-0.1, -0.05) is 278 Å². The molecule has 0 spiro atoms. The number of rotatable bonds is 57. The smallest absolute Gasteiger partial charge is 0.306 e. The second-order valence-electron chi connectivity index (χ2n) is 20.9. The van der Waals surface area contributed by atoms with Crippen LogP contribution in [0.5, 0.6) is 0 Å². The van der Waals surface area contributed by atoms with E-state index in [2.05, 4.69) is 130 Å². The Morgan fingerprint density at radius 2 is 0.513 bits per heavy atom. The van der Waals surface area contributed by atoms with Crippen LogP contribution in [0.25, 0.3) is 0 Å². The van der Waals surface area contributed by atoms with E-state index in [1.165, 1.54) is 122 Å². The highest BCUT2D eigenvalue weighted by Gasteiger charge is 2.19. The lowest BCUT2D eigenvalue weighted by atomic mass is 10.0. The van der Waals surface area contributed by atoms with Gasteiger partial charge < -0.3 is 14.2 Å². The third kappa shape index (κ3) is 60.9. The Morgan fingerprint density at radius 1 is 0.276 bits per heavy atom. The predicted molar refractivity (Wildman–Crippen MR) is 330 cm³/mol. The van der Waals surface area contributed by atoms with Crippen molar-refractivity contribution in [3.8, 4) is 0 Å². The van der Waals surface area contributed by atoms with Crippen molar-refractivity contribution in [2.75, 3.05) is 13.2 Å². The maximum absolute atomic E-state index is 12.9. The summed E-state index contributed by atoms with van der Waals surface area (Å²) < 4.78 is 16.9. The van der Waals surface area contributed by atoms with E-state index in [4.69, 9.17) is 14.2 Å². The fourth-order valence-electron chi connectivity index (χ4n) is 8.75. The van der Waals surface area contributed by atoms with Gasteiger partial charge in [-0.25, -0.2) is 0 Å². The third-order valence-electron chi connectivity index (χ3n) is 13.5. The van der Waals surface area contributed by atoms with Crippen molar-refractivity contribution in [2.45, 2.75) is 303 Å². The van der Waals surface area contributed by atoms with Gasteiger partial charge in [0.25, 0.3) is 0 Å². The fourth-order valence-corrected chi connectivity index (χ4v) is 8.75. The first kappa shape index (κ1) is 72.1. The van der Waals surface area contributed by atoms with Crippen LogP contribution in [0.3, 0.4) is 0 Å². The molecule has 0 heterocycles. The highest BCUT2D eigenvalue weighted by Crippen LogP contribution is 2.15. The maximum Gasteiger partial charge on any atom is 0.306 e. The molecule has 1 unspecified atom stereocenters. The third-order valence-corrected chi connectivity index (χ3v) is 13.5. The number of hydrogen-bond donors (Lipinski definition) is 0. The number of carbonyl (C=O) groups is 3. The summed E-state index contributed by atoms with van der Waals surface area (Å²) in [5, 5.41) is 0. The lowest BCUT2D eigenvalue weighted by molar-refractivity contribution is -0.167. The zero-order valence-corrected chi connectivity index (χ0v) is 49.7. The molecule has 0 aromatic rings. The monoisotopic (exact) mass is 1050 g/mol. The summed E-state index contributed by atoms with van der Waals surface area (Å²) in [6, 6.07) is 0. The van der Waals surface area contributed by atoms with Crippen molar-refractivity contribution in [1.29, 1.82) is 0 Å². The zero-order chi connectivity index (χ0) is 55.0. The summed E-state index contributed by atoms with van der Waals surface area (Å²) >= 11 is 0. The van der Waals surface area contributed by atoms with Crippen molar-refractivity contribution in [3.05, 3.63) is 109 Å². The number of unbranched alkanes of at least 4 members (excludes halogenated alkanes) is 28. The van der Waals surface area contributed by atoms with Crippen LogP contribution < -0.4 is 0 Å². The largest absolute Gasteiger partial charge is 0.462 e. The molecule has 0 aromatic heterocycles. The Morgan fingerprint density at radius 3 is 0.816 bits per heavy atom. The highest BCUT2D eigenvalue weighted by atomic mass is 16.6. The molecule has 76 heavy (non-hydrogen) atoms. The van der Waals surface area contributed by atoms with Gasteiger partial charge in [0.2, 0.25) is 0 Å². The number of carbonyl (C=O) groups excluding carboxylic acids is 3. The van der Waals surface area contributed by atoms with Crippen LogP contribution in [0.1, 0.15) is 297 Å². The summed E-state index contributed by atoms with van der Waals surface area (Å²) in [7, 11) is 0. The SMILES string of the molecule is CC/C=C\C/C=C\C/C=C\C/C=C\C/C=C\C/C=C\C/C=C\C/C=C\CCCCCCC(=O)OCC(COC(=O)CCCCCCCCCCCCCCC)OC(=O)CCCCCCC/C=C\CCCCCCCCC. The van der Waals surface area contributed by atoms with Crippen LogP contribution in [0, 0.1) is 0 Å². The molecule has 0 bridgehead atoms. The van der Waals surface area contributed by atoms with Gasteiger partial charge in [-0.05, 0) is 109 Å². The normalized spacial score (nSPS) is 12.8. The maximum atomic E-state index is 12.9. The Labute approximate surface area is 470 Å². The first-order chi connectivity index (χ1) is 37.5. The molecule has 0 saturated carbocycles. The van der Waals surface area contributed by atoms with Crippen LogP contribution >= 0.6 is 0 Å². The Hall–Kier alpha value is -3.93.